The molecule has 0 saturated heterocycles. The van der Waals surface area contributed by atoms with Crippen LogP contribution < -0.4 is 5.56 Å². The van der Waals surface area contributed by atoms with E-state index in [0.29, 0.717) is 11.6 Å². The van der Waals surface area contributed by atoms with Gasteiger partial charge in [0.2, 0.25) is 0 Å². The molecule has 24 heavy (non-hydrogen) atoms. The lowest BCUT2D eigenvalue weighted by Crippen LogP contribution is -2.22. The van der Waals surface area contributed by atoms with Crippen LogP contribution in [0, 0.1) is 25.6 Å². The lowest BCUT2D eigenvalue weighted by atomic mass is 10.0. The molecule has 0 radical (unpaired) electrons. The fraction of sp³-hybridized carbons (Fsp3) is 0.368. The summed E-state index contributed by atoms with van der Waals surface area (Å²) in [6, 6.07) is 6.25. The molecule has 0 bridgehead atoms. The minimum Gasteiger partial charge on any atom is -0.293 e. The van der Waals surface area contributed by atoms with E-state index in [4.69, 9.17) is 0 Å². The SMILES string of the molecule is Cc1nc2c(-c3ccc(F)cc3)c(C)[nH]n2c(=O)c1CCC(C)C. The summed E-state index contributed by atoms with van der Waals surface area (Å²) in [5.74, 6) is 0.248. The normalized spacial score (nSPS) is 11.6. The fourth-order valence-corrected chi connectivity index (χ4v) is 3.01. The van der Waals surface area contributed by atoms with Gasteiger partial charge >= 0.3 is 0 Å². The van der Waals surface area contributed by atoms with Crippen LogP contribution in [0.25, 0.3) is 16.8 Å². The van der Waals surface area contributed by atoms with E-state index in [0.717, 1.165) is 40.9 Å². The first-order chi connectivity index (χ1) is 11.4. The number of hydrogen-bond donors (Lipinski definition) is 1. The Morgan fingerprint density at radius 2 is 1.88 bits per heavy atom. The smallest absolute Gasteiger partial charge is 0.276 e. The molecule has 126 valence electrons. The van der Waals surface area contributed by atoms with Gasteiger partial charge in [-0.1, -0.05) is 26.0 Å². The number of H-pyrrole nitrogens is 1. The van der Waals surface area contributed by atoms with Gasteiger partial charge in [-0.25, -0.2) is 13.9 Å². The van der Waals surface area contributed by atoms with Crippen LogP contribution in [-0.2, 0) is 6.42 Å². The van der Waals surface area contributed by atoms with Gasteiger partial charge in [0.25, 0.3) is 5.56 Å². The summed E-state index contributed by atoms with van der Waals surface area (Å²) in [4.78, 5) is 17.5. The molecule has 0 aliphatic heterocycles. The van der Waals surface area contributed by atoms with Crippen molar-refractivity contribution in [3.63, 3.8) is 0 Å². The second kappa shape index (κ2) is 6.23. The molecule has 3 aromatic rings. The van der Waals surface area contributed by atoms with E-state index in [1.165, 1.54) is 16.6 Å². The molecule has 2 aromatic heterocycles. The number of hydrogen-bond acceptors (Lipinski definition) is 2. The van der Waals surface area contributed by atoms with Crippen molar-refractivity contribution < 1.29 is 4.39 Å². The van der Waals surface area contributed by atoms with Crippen molar-refractivity contribution >= 4 is 5.65 Å². The highest BCUT2D eigenvalue weighted by molar-refractivity contribution is 5.79. The molecular formula is C19H22FN3O. The average Bonchev–Trinajstić information content (AvgIpc) is 2.84. The van der Waals surface area contributed by atoms with E-state index in [2.05, 4.69) is 23.9 Å². The zero-order chi connectivity index (χ0) is 17.4. The molecular weight excluding hydrogens is 305 g/mol. The Hall–Kier alpha value is -2.43. The van der Waals surface area contributed by atoms with Gasteiger partial charge in [-0.15, -0.1) is 0 Å². The predicted octanol–water partition coefficient (Wildman–Crippen LogP) is 4.03. The summed E-state index contributed by atoms with van der Waals surface area (Å²) in [5.41, 5.74) is 4.59. The first-order valence-corrected chi connectivity index (χ1v) is 8.25. The van der Waals surface area contributed by atoms with Crippen LogP contribution in [0.2, 0.25) is 0 Å². The molecule has 0 fully saturated rings. The molecule has 0 amide bonds. The molecule has 0 spiro atoms. The minimum atomic E-state index is -0.284. The third kappa shape index (κ3) is 2.86. The summed E-state index contributed by atoms with van der Waals surface area (Å²) in [6.07, 6.45) is 1.68. The van der Waals surface area contributed by atoms with Gasteiger partial charge in [0.1, 0.15) is 5.82 Å². The Bertz CT molecular complexity index is 936. The number of aromatic amines is 1. The zero-order valence-corrected chi connectivity index (χ0v) is 14.5. The fourth-order valence-electron chi connectivity index (χ4n) is 3.01. The summed E-state index contributed by atoms with van der Waals surface area (Å²) >= 11 is 0. The molecule has 0 aliphatic carbocycles. The van der Waals surface area contributed by atoms with E-state index in [9.17, 15) is 9.18 Å². The molecule has 1 aromatic carbocycles. The molecule has 0 unspecified atom stereocenters. The third-order valence-corrected chi connectivity index (χ3v) is 4.37. The highest BCUT2D eigenvalue weighted by Gasteiger charge is 2.17. The number of rotatable bonds is 4. The van der Waals surface area contributed by atoms with E-state index >= 15 is 0 Å². The van der Waals surface area contributed by atoms with Crippen molar-refractivity contribution in [2.75, 3.05) is 0 Å². The number of aromatic nitrogens is 3. The molecule has 0 aliphatic rings. The average molecular weight is 327 g/mol. The maximum absolute atomic E-state index is 13.2. The summed E-state index contributed by atoms with van der Waals surface area (Å²) < 4.78 is 14.7. The number of aryl methyl sites for hydroxylation is 2. The van der Waals surface area contributed by atoms with Crippen molar-refractivity contribution in [1.82, 2.24) is 14.6 Å². The van der Waals surface area contributed by atoms with Crippen LogP contribution in [0.3, 0.4) is 0 Å². The van der Waals surface area contributed by atoms with Gasteiger partial charge in [0, 0.05) is 22.5 Å². The van der Waals surface area contributed by atoms with Crippen molar-refractivity contribution in [3.8, 4) is 11.1 Å². The highest BCUT2D eigenvalue weighted by Crippen LogP contribution is 2.27. The van der Waals surface area contributed by atoms with Gasteiger partial charge in [-0.2, -0.15) is 0 Å². The first kappa shape index (κ1) is 16.4. The molecule has 5 heteroatoms. The molecule has 3 rings (SSSR count). The van der Waals surface area contributed by atoms with Crippen LogP contribution in [0.1, 0.15) is 37.2 Å². The number of fused-ring (bicyclic) bond motifs is 1. The first-order valence-electron chi connectivity index (χ1n) is 8.25. The minimum absolute atomic E-state index is 0.0467. The van der Waals surface area contributed by atoms with Crippen molar-refractivity contribution in [3.05, 3.63) is 57.4 Å². The number of nitrogens with one attached hydrogen (secondary N) is 1. The van der Waals surface area contributed by atoms with Gasteiger partial charge < -0.3 is 0 Å². The van der Waals surface area contributed by atoms with E-state index in [1.54, 1.807) is 12.1 Å². The monoisotopic (exact) mass is 327 g/mol. The standard InChI is InChI=1S/C19H22FN3O/c1-11(2)5-10-16-12(3)21-18-17(13(4)22-23(18)19(16)24)14-6-8-15(20)9-7-14/h6-9,11,22H,5,10H2,1-4H3. The van der Waals surface area contributed by atoms with Crippen LogP contribution >= 0.6 is 0 Å². The molecule has 0 atom stereocenters. The van der Waals surface area contributed by atoms with Crippen molar-refractivity contribution in [1.29, 1.82) is 0 Å². The quantitative estimate of drug-likeness (QED) is 0.786. The van der Waals surface area contributed by atoms with Gasteiger partial charge in [-0.05, 0) is 50.3 Å². The Morgan fingerprint density at radius 3 is 2.50 bits per heavy atom. The maximum Gasteiger partial charge on any atom is 0.276 e. The second-order valence-corrected chi connectivity index (χ2v) is 6.69. The van der Waals surface area contributed by atoms with Crippen LogP contribution in [0.4, 0.5) is 4.39 Å². The van der Waals surface area contributed by atoms with Crippen molar-refractivity contribution in [2.45, 2.75) is 40.5 Å². The van der Waals surface area contributed by atoms with Crippen LogP contribution in [0.15, 0.2) is 29.1 Å². The Morgan fingerprint density at radius 1 is 1.21 bits per heavy atom. The van der Waals surface area contributed by atoms with E-state index in [1.807, 2.05) is 13.8 Å². The topological polar surface area (TPSA) is 50.2 Å². The lowest BCUT2D eigenvalue weighted by Gasteiger charge is -2.08. The Kier molecular flexibility index (Phi) is 4.26. The molecule has 2 heterocycles. The van der Waals surface area contributed by atoms with E-state index < -0.39 is 0 Å². The lowest BCUT2D eigenvalue weighted by molar-refractivity contribution is 0.581. The van der Waals surface area contributed by atoms with Crippen LogP contribution in [0.5, 0.6) is 0 Å². The zero-order valence-electron chi connectivity index (χ0n) is 14.5. The Labute approximate surface area is 140 Å². The van der Waals surface area contributed by atoms with Gasteiger partial charge in [-0.3, -0.25) is 9.89 Å². The van der Waals surface area contributed by atoms with Crippen LogP contribution in [-0.4, -0.2) is 14.6 Å². The van der Waals surface area contributed by atoms with Gasteiger partial charge in [0.05, 0.1) is 0 Å². The second-order valence-electron chi connectivity index (χ2n) is 6.69. The van der Waals surface area contributed by atoms with E-state index in [-0.39, 0.29) is 11.4 Å². The summed E-state index contributed by atoms with van der Waals surface area (Å²) in [6.45, 7) is 8.07. The maximum atomic E-state index is 13.2. The Balaban J connectivity index is 2.19. The highest BCUT2D eigenvalue weighted by atomic mass is 19.1. The molecule has 0 saturated carbocycles. The molecule has 4 nitrogen and oxygen atoms in total. The third-order valence-electron chi connectivity index (χ3n) is 4.37. The van der Waals surface area contributed by atoms with Crippen molar-refractivity contribution in [2.24, 2.45) is 5.92 Å². The number of halogens is 1. The number of nitrogens with zero attached hydrogens (tertiary/aromatic N) is 2. The largest absolute Gasteiger partial charge is 0.293 e. The van der Waals surface area contributed by atoms with Gasteiger partial charge in [0.15, 0.2) is 5.65 Å². The predicted molar refractivity (Wildman–Crippen MR) is 93.8 cm³/mol. The molecule has 1 N–H and O–H groups in total. The summed E-state index contributed by atoms with van der Waals surface area (Å²) in [5, 5.41) is 3.11. The summed E-state index contributed by atoms with van der Waals surface area (Å²) in [7, 11) is 0. The number of benzene rings is 1.